The third-order valence-corrected chi connectivity index (χ3v) is 8.38. The summed E-state index contributed by atoms with van der Waals surface area (Å²) < 4.78 is 26.5. The minimum absolute atomic E-state index is 0. The number of nitrogens with zero attached hydrogens (tertiary/aromatic N) is 2. The first-order chi connectivity index (χ1) is 14.2. The second-order valence-corrected chi connectivity index (χ2v) is 10.2. The third kappa shape index (κ3) is 5.09. The fourth-order valence-electron chi connectivity index (χ4n) is 3.55. The number of amides is 2. The maximum absolute atomic E-state index is 12.7. The van der Waals surface area contributed by atoms with E-state index in [0.717, 1.165) is 17.0 Å². The number of rotatable bonds is 7. The van der Waals surface area contributed by atoms with E-state index < -0.39 is 21.8 Å². The lowest BCUT2D eigenvalue weighted by Crippen LogP contribution is -2.30. The van der Waals surface area contributed by atoms with E-state index in [2.05, 4.69) is 10.2 Å². The molecule has 0 spiro atoms. The fraction of sp³-hybridized carbons (Fsp3) is 0.400. The number of halogens is 1. The molecule has 0 radical (unpaired) electrons. The number of hydrogen-bond acceptors (Lipinski definition) is 6. The van der Waals surface area contributed by atoms with Gasteiger partial charge in [-0.2, -0.15) is 4.31 Å². The standard InChI is InChI=1S/C20H26N4O4S2.ClH/c1-4-24(5-2)30(27,28)14-8-6-13(7-9-14)19(26)22-20-17(18(21)25)15-10-11-23(3)12-16(15)29-20;/h6-9H,4-5,10-12H2,1-3H3,(H2,21,25)(H,22,26);1H. The van der Waals surface area contributed by atoms with E-state index in [0.29, 0.717) is 42.2 Å². The predicted molar refractivity (Wildman–Crippen MR) is 125 cm³/mol. The van der Waals surface area contributed by atoms with Gasteiger partial charge in [-0.05, 0) is 43.3 Å². The van der Waals surface area contributed by atoms with Crippen molar-refractivity contribution in [3.05, 3.63) is 45.8 Å². The highest BCUT2D eigenvalue weighted by atomic mass is 35.5. The molecular weight excluding hydrogens is 460 g/mol. The number of anilines is 1. The van der Waals surface area contributed by atoms with Crippen LogP contribution in [-0.4, -0.2) is 56.1 Å². The van der Waals surface area contributed by atoms with E-state index in [1.807, 2.05) is 7.05 Å². The normalized spacial score (nSPS) is 14.1. The average molecular weight is 487 g/mol. The number of carbonyl (C=O) groups excluding carboxylic acids is 2. The SMILES string of the molecule is CCN(CC)S(=O)(=O)c1ccc(C(=O)Nc2sc3c(c2C(N)=O)CCN(C)C3)cc1.Cl. The Morgan fingerprint density at radius 2 is 1.81 bits per heavy atom. The highest BCUT2D eigenvalue weighted by Gasteiger charge is 2.27. The molecule has 0 aliphatic carbocycles. The van der Waals surface area contributed by atoms with Gasteiger partial charge in [-0.25, -0.2) is 8.42 Å². The zero-order valence-corrected chi connectivity index (χ0v) is 20.1. The molecule has 1 aromatic carbocycles. The smallest absolute Gasteiger partial charge is 0.256 e. The summed E-state index contributed by atoms with van der Waals surface area (Å²) in [7, 11) is -1.59. The van der Waals surface area contributed by atoms with Gasteiger partial charge in [0.05, 0.1) is 10.5 Å². The Morgan fingerprint density at radius 3 is 2.35 bits per heavy atom. The first-order valence-corrected chi connectivity index (χ1v) is 12.0. The maximum atomic E-state index is 12.7. The van der Waals surface area contributed by atoms with Crippen molar-refractivity contribution in [2.45, 2.75) is 31.7 Å². The fourth-order valence-corrected chi connectivity index (χ4v) is 6.33. The molecule has 1 aromatic heterocycles. The van der Waals surface area contributed by atoms with E-state index in [1.165, 1.54) is 39.9 Å². The van der Waals surface area contributed by atoms with E-state index in [9.17, 15) is 18.0 Å². The molecule has 0 saturated carbocycles. The van der Waals surface area contributed by atoms with Crippen molar-refractivity contribution >= 4 is 50.6 Å². The number of fused-ring (bicyclic) bond motifs is 1. The van der Waals surface area contributed by atoms with Gasteiger partial charge in [-0.15, -0.1) is 23.7 Å². The summed E-state index contributed by atoms with van der Waals surface area (Å²) in [6.07, 6.45) is 0.703. The number of carbonyl (C=O) groups is 2. The highest BCUT2D eigenvalue weighted by molar-refractivity contribution is 7.89. The summed E-state index contributed by atoms with van der Waals surface area (Å²) in [5.41, 5.74) is 7.16. The van der Waals surface area contributed by atoms with Crippen LogP contribution < -0.4 is 11.1 Å². The van der Waals surface area contributed by atoms with Gasteiger partial charge >= 0.3 is 0 Å². The molecule has 11 heteroatoms. The zero-order chi connectivity index (χ0) is 22.1. The summed E-state index contributed by atoms with van der Waals surface area (Å²) in [5.74, 6) is -0.982. The van der Waals surface area contributed by atoms with Crippen LogP contribution in [0.15, 0.2) is 29.2 Å². The van der Waals surface area contributed by atoms with Crippen LogP contribution in [0, 0.1) is 0 Å². The molecule has 0 fully saturated rings. The van der Waals surface area contributed by atoms with Crippen LogP contribution in [0.25, 0.3) is 0 Å². The Hall–Kier alpha value is -1.98. The van der Waals surface area contributed by atoms with Gasteiger partial charge < -0.3 is 16.0 Å². The number of benzene rings is 1. The van der Waals surface area contributed by atoms with E-state index in [1.54, 1.807) is 13.8 Å². The largest absolute Gasteiger partial charge is 0.365 e. The Kier molecular flexibility index (Phi) is 8.23. The predicted octanol–water partition coefficient (Wildman–Crippen LogP) is 2.54. The third-order valence-electron chi connectivity index (χ3n) is 5.18. The molecule has 170 valence electrons. The van der Waals surface area contributed by atoms with Crippen molar-refractivity contribution < 1.29 is 18.0 Å². The molecule has 2 amide bonds. The Morgan fingerprint density at radius 1 is 1.19 bits per heavy atom. The quantitative estimate of drug-likeness (QED) is 0.624. The van der Waals surface area contributed by atoms with Crippen molar-refractivity contribution in [2.24, 2.45) is 5.73 Å². The highest BCUT2D eigenvalue weighted by Crippen LogP contribution is 2.36. The molecule has 2 heterocycles. The number of hydrogen-bond donors (Lipinski definition) is 2. The molecule has 0 atom stereocenters. The van der Waals surface area contributed by atoms with Crippen LogP contribution in [0.2, 0.25) is 0 Å². The van der Waals surface area contributed by atoms with Crippen molar-refractivity contribution in [3.8, 4) is 0 Å². The van der Waals surface area contributed by atoms with Crippen molar-refractivity contribution in [2.75, 3.05) is 32.0 Å². The lowest BCUT2D eigenvalue weighted by atomic mass is 10.0. The second kappa shape index (κ2) is 10.1. The van der Waals surface area contributed by atoms with E-state index in [-0.39, 0.29) is 17.3 Å². The molecule has 2 aromatic rings. The molecular formula is C20H27ClN4O4S2. The number of nitrogens with two attached hydrogens (primary N) is 1. The van der Waals surface area contributed by atoms with Gasteiger partial charge in [-0.3, -0.25) is 9.59 Å². The molecule has 3 rings (SSSR count). The van der Waals surface area contributed by atoms with Crippen LogP contribution in [0.5, 0.6) is 0 Å². The topological polar surface area (TPSA) is 113 Å². The first kappa shape index (κ1) is 25.3. The minimum atomic E-state index is -3.59. The Bertz CT molecular complexity index is 1060. The zero-order valence-electron chi connectivity index (χ0n) is 17.7. The lowest BCUT2D eigenvalue weighted by Gasteiger charge is -2.22. The number of primary amides is 1. The average Bonchev–Trinajstić information content (AvgIpc) is 3.05. The van der Waals surface area contributed by atoms with Gasteiger partial charge in [0, 0.05) is 36.6 Å². The van der Waals surface area contributed by atoms with Gasteiger partial charge in [0.25, 0.3) is 11.8 Å². The number of thiophene rings is 1. The molecule has 1 aliphatic heterocycles. The van der Waals surface area contributed by atoms with E-state index in [4.69, 9.17) is 5.73 Å². The first-order valence-electron chi connectivity index (χ1n) is 9.73. The van der Waals surface area contributed by atoms with Gasteiger partial charge in [0.1, 0.15) is 5.00 Å². The number of sulfonamides is 1. The van der Waals surface area contributed by atoms with Crippen LogP contribution in [-0.2, 0) is 23.0 Å². The maximum Gasteiger partial charge on any atom is 0.256 e. The number of nitrogens with one attached hydrogen (secondary N) is 1. The molecule has 31 heavy (non-hydrogen) atoms. The molecule has 0 unspecified atom stereocenters. The van der Waals surface area contributed by atoms with Crippen LogP contribution in [0.1, 0.15) is 45.0 Å². The Labute approximate surface area is 192 Å². The van der Waals surface area contributed by atoms with Crippen molar-refractivity contribution in [3.63, 3.8) is 0 Å². The van der Waals surface area contributed by atoms with Gasteiger partial charge in [-0.1, -0.05) is 13.8 Å². The molecule has 3 N–H and O–H groups in total. The summed E-state index contributed by atoms with van der Waals surface area (Å²) in [6.45, 7) is 5.81. The van der Waals surface area contributed by atoms with Crippen molar-refractivity contribution in [1.82, 2.24) is 9.21 Å². The summed E-state index contributed by atoms with van der Waals surface area (Å²) in [5, 5.41) is 3.22. The summed E-state index contributed by atoms with van der Waals surface area (Å²) in [4.78, 5) is 28.1. The summed E-state index contributed by atoms with van der Waals surface area (Å²) >= 11 is 1.36. The van der Waals surface area contributed by atoms with E-state index >= 15 is 0 Å². The summed E-state index contributed by atoms with van der Waals surface area (Å²) in [6, 6.07) is 5.78. The molecule has 0 saturated heterocycles. The van der Waals surface area contributed by atoms with Crippen molar-refractivity contribution in [1.29, 1.82) is 0 Å². The monoisotopic (exact) mass is 486 g/mol. The molecule has 8 nitrogen and oxygen atoms in total. The lowest BCUT2D eigenvalue weighted by molar-refractivity contribution is 0.1000. The van der Waals surface area contributed by atoms with Crippen LogP contribution >= 0.6 is 23.7 Å². The van der Waals surface area contributed by atoms with Crippen LogP contribution in [0.4, 0.5) is 5.00 Å². The second-order valence-electron chi connectivity index (χ2n) is 7.13. The van der Waals surface area contributed by atoms with Gasteiger partial charge in [0.2, 0.25) is 10.0 Å². The number of likely N-dealkylation sites (N-methyl/N-ethyl adjacent to an activating group) is 1. The molecule has 1 aliphatic rings. The van der Waals surface area contributed by atoms with Crippen LogP contribution in [0.3, 0.4) is 0 Å². The molecule has 0 bridgehead atoms. The minimum Gasteiger partial charge on any atom is -0.365 e. The van der Waals surface area contributed by atoms with Gasteiger partial charge in [0.15, 0.2) is 0 Å². The Balaban J connectivity index is 0.00000341.